The van der Waals surface area contributed by atoms with E-state index in [9.17, 15) is 30.3 Å². The predicted octanol–water partition coefficient (Wildman–Crippen LogP) is 11.6. The average molecular weight is 864 g/mol. The number of ether oxygens (including phenoxy) is 2. The second-order valence-electron chi connectivity index (χ2n) is 18.0. The lowest BCUT2D eigenvalue weighted by Crippen LogP contribution is -2.60. The number of unbranched alkanes of at least 4 members (excludes halogenated alkanes) is 27. The van der Waals surface area contributed by atoms with Crippen molar-refractivity contribution in [1.82, 2.24) is 5.32 Å². The second kappa shape index (κ2) is 42.4. The number of rotatable bonds is 43. The minimum absolute atomic E-state index is 0.143. The van der Waals surface area contributed by atoms with Gasteiger partial charge in [0.25, 0.3) is 0 Å². The lowest BCUT2D eigenvalue weighted by molar-refractivity contribution is -0.302. The molecule has 61 heavy (non-hydrogen) atoms. The Morgan fingerprint density at radius 3 is 1.46 bits per heavy atom. The SMILES string of the molecule is CCCCC/C=C\C/C=C\C/C=C\CCCCCCCCC(=O)NC(COC1OC(CO)C(O)C(O)C1O)C(O)CCCCCCCCCCCCCCCCCCCCC. The van der Waals surface area contributed by atoms with Crippen LogP contribution in [0.25, 0.3) is 0 Å². The first-order chi connectivity index (χ1) is 29.8. The summed E-state index contributed by atoms with van der Waals surface area (Å²) in [6.45, 7) is 3.81. The van der Waals surface area contributed by atoms with Crippen LogP contribution in [0.15, 0.2) is 36.5 Å². The first kappa shape index (κ1) is 57.4. The third-order valence-corrected chi connectivity index (χ3v) is 12.2. The summed E-state index contributed by atoms with van der Waals surface area (Å²) >= 11 is 0. The van der Waals surface area contributed by atoms with Crippen molar-refractivity contribution < 1.29 is 39.8 Å². The number of carbonyl (C=O) groups is 1. The lowest BCUT2D eigenvalue weighted by Gasteiger charge is -2.40. The van der Waals surface area contributed by atoms with Crippen LogP contribution < -0.4 is 5.32 Å². The fraction of sp³-hybridized carbons (Fsp3) is 0.865. The van der Waals surface area contributed by atoms with E-state index in [0.717, 1.165) is 64.2 Å². The zero-order valence-corrected chi connectivity index (χ0v) is 39.4. The third-order valence-electron chi connectivity index (χ3n) is 12.2. The van der Waals surface area contributed by atoms with Crippen molar-refractivity contribution in [2.75, 3.05) is 13.2 Å². The maximum absolute atomic E-state index is 13.0. The molecule has 1 saturated heterocycles. The summed E-state index contributed by atoms with van der Waals surface area (Å²) in [5.41, 5.74) is 0. The molecule has 0 radical (unpaired) electrons. The maximum Gasteiger partial charge on any atom is 0.220 e. The van der Waals surface area contributed by atoms with E-state index in [0.29, 0.717) is 12.8 Å². The van der Waals surface area contributed by atoms with Crippen LogP contribution in [-0.2, 0) is 14.3 Å². The van der Waals surface area contributed by atoms with Crippen LogP contribution in [0.3, 0.4) is 0 Å². The Bertz CT molecular complexity index is 1050. The Kier molecular flexibility index (Phi) is 39.9. The number of hydrogen-bond acceptors (Lipinski definition) is 8. The van der Waals surface area contributed by atoms with Crippen molar-refractivity contribution in [2.45, 2.75) is 275 Å². The van der Waals surface area contributed by atoms with Crippen molar-refractivity contribution in [3.63, 3.8) is 0 Å². The second-order valence-corrected chi connectivity index (χ2v) is 18.0. The molecule has 0 spiro atoms. The van der Waals surface area contributed by atoms with Gasteiger partial charge in [-0.05, 0) is 51.4 Å². The minimum atomic E-state index is -1.56. The van der Waals surface area contributed by atoms with E-state index in [4.69, 9.17) is 9.47 Å². The van der Waals surface area contributed by atoms with Gasteiger partial charge in [0, 0.05) is 6.42 Å². The molecule has 0 saturated carbocycles. The summed E-state index contributed by atoms with van der Waals surface area (Å²) in [6, 6.07) is -0.726. The van der Waals surface area contributed by atoms with Gasteiger partial charge < -0.3 is 40.3 Å². The van der Waals surface area contributed by atoms with E-state index in [1.807, 2.05) is 0 Å². The Morgan fingerprint density at radius 1 is 0.557 bits per heavy atom. The molecule has 0 aromatic heterocycles. The van der Waals surface area contributed by atoms with Crippen molar-refractivity contribution in [1.29, 1.82) is 0 Å². The van der Waals surface area contributed by atoms with Gasteiger partial charge in [0.05, 0.1) is 25.4 Å². The molecule has 358 valence electrons. The van der Waals surface area contributed by atoms with Gasteiger partial charge in [-0.15, -0.1) is 0 Å². The molecule has 9 nitrogen and oxygen atoms in total. The molecule has 7 unspecified atom stereocenters. The predicted molar refractivity (Wildman–Crippen MR) is 253 cm³/mol. The molecule has 1 aliphatic rings. The normalized spacial score (nSPS) is 20.7. The number of carbonyl (C=O) groups excluding carboxylic acids is 1. The zero-order valence-electron chi connectivity index (χ0n) is 39.4. The van der Waals surface area contributed by atoms with Crippen LogP contribution in [0.5, 0.6) is 0 Å². The molecule has 7 atom stereocenters. The maximum atomic E-state index is 13.0. The number of aliphatic hydroxyl groups is 5. The van der Waals surface area contributed by atoms with Gasteiger partial charge >= 0.3 is 0 Å². The highest BCUT2D eigenvalue weighted by Gasteiger charge is 2.44. The Balaban J connectivity index is 2.29. The van der Waals surface area contributed by atoms with Gasteiger partial charge in [-0.1, -0.05) is 211 Å². The van der Waals surface area contributed by atoms with Gasteiger partial charge in [0.15, 0.2) is 6.29 Å². The summed E-state index contributed by atoms with van der Waals surface area (Å²) < 4.78 is 11.3. The van der Waals surface area contributed by atoms with Crippen molar-refractivity contribution >= 4 is 5.91 Å². The first-order valence-corrected chi connectivity index (χ1v) is 25.7. The lowest BCUT2D eigenvalue weighted by atomic mass is 9.99. The number of aliphatic hydroxyl groups excluding tert-OH is 5. The van der Waals surface area contributed by atoms with E-state index < -0.39 is 49.5 Å². The van der Waals surface area contributed by atoms with E-state index in [1.54, 1.807) is 0 Å². The van der Waals surface area contributed by atoms with Gasteiger partial charge in [0.1, 0.15) is 24.4 Å². The Morgan fingerprint density at radius 2 is 0.967 bits per heavy atom. The summed E-state index contributed by atoms with van der Waals surface area (Å²) in [6.07, 6.45) is 45.7. The highest BCUT2D eigenvalue weighted by atomic mass is 16.7. The summed E-state index contributed by atoms with van der Waals surface area (Å²) in [7, 11) is 0. The number of allylic oxidation sites excluding steroid dienone is 6. The summed E-state index contributed by atoms with van der Waals surface area (Å²) in [4.78, 5) is 13.0. The molecular formula is C52H97NO8. The summed E-state index contributed by atoms with van der Waals surface area (Å²) in [5, 5.41) is 54.5. The molecule has 1 heterocycles. The number of hydrogen-bond donors (Lipinski definition) is 6. The quantitative estimate of drug-likeness (QED) is 0.0262. The molecule has 1 aliphatic heterocycles. The highest BCUT2D eigenvalue weighted by Crippen LogP contribution is 2.23. The van der Waals surface area contributed by atoms with Gasteiger partial charge in [-0.25, -0.2) is 0 Å². The molecule has 0 bridgehead atoms. The van der Waals surface area contributed by atoms with Crippen LogP contribution >= 0.6 is 0 Å². The van der Waals surface area contributed by atoms with Crippen LogP contribution in [-0.4, -0.2) is 87.5 Å². The topological polar surface area (TPSA) is 149 Å². The van der Waals surface area contributed by atoms with Crippen LogP contribution in [0.2, 0.25) is 0 Å². The molecule has 0 aliphatic carbocycles. The largest absolute Gasteiger partial charge is 0.394 e. The van der Waals surface area contributed by atoms with E-state index in [1.165, 1.54) is 141 Å². The highest BCUT2D eigenvalue weighted by molar-refractivity contribution is 5.76. The van der Waals surface area contributed by atoms with E-state index in [-0.39, 0.29) is 12.5 Å². The van der Waals surface area contributed by atoms with Gasteiger partial charge in [0.2, 0.25) is 5.91 Å². The monoisotopic (exact) mass is 864 g/mol. The van der Waals surface area contributed by atoms with Gasteiger partial charge in [-0.3, -0.25) is 4.79 Å². The fourth-order valence-corrected chi connectivity index (χ4v) is 8.11. The van der Waals surface area contributed by atoms with Crippen molar-refractivity contribution in [3.8, 4) is 0 Å². The molecule has 6 N–H and O–H groups in total. The standard InChI is InChI=1S/C52H97NO8/c1-3-5-7-9-11-13-15-17-19-21-23-25-27-29-31-33-35-37-39-41-46(55)45(44-60-52-51(59)50(58)49(57)47(43-54)61-52)53-48(56)42-40-38-36-34-32-30-28-26-24-22-20-18-16-14-12-10-8-6-4-2/h12,14,18,20,24,26,45-47,49-52,54-55,57-59H,3-11,13,15-17,19,21-23,25,27-44H2,1-2H3,(H,53,56)/b14-12-,20-18-,26-24-. The molecule has 1 rings (SSSR count). The van der Waals surface area contributed by atoms with E-state index >= 15 is 0 Å². The summed E-state index contributed by atoms with van der Waals surface area (Å²) in [5.74, 6) is -0.156. The van der Waals surface area contributed by atoms with Crippen LogP contribution in [0, 0.1) is 0 Å². The Labute approximate surface area is 374 Å². The molecule has 0 aromatic rings. The third kappa shape index (κ3) is 32.7. The molecule has 1 amide bonds. The molecule has 0 aromatic carbocycles. The Hall–Kier alpha value is -1.59. The smallest absolute Gasteiger partial charge is 0.220 e. The van der Waals surface area contributed by atoms with Gasteiger partial charge in [-0.2, -0.15) is 0 Å². The van der Waals surface area contributed by atoms with Crippen LogP contribution in [0.4, 0.5) is 0 Å². The average Bonchev–Trinajstić information content (AvgIpc) is 3.26. The van der Waals surface area contributed by atoms with E-state index in [2.05, 4.69) is 55.6 Å². The molecule has 9 heteroatoms. The van der Waals surface area contributed by atoms with Crippen LogP contribution in [0.1, 0.15) is 232 Å². The number of amides is 1. The molecular weight excluding hydrogens is 767 g/mol. The number of nitrogens with one attached hydrogen (secondary N) is 1. The van der Waals surface area contributed by atoms with Crippen molar-refractivity contribution in [3.05, 3.63) is 36.5 Å². The zero-order chi connectivity index (χ0) is 44.4. The first-order valence-electron chi connectivity index (χ1n) is 25.7. The minimum Gasteiger partial charge on any atom is -0.394 e. The fourth-order valence-electron chi connectivity index (χ4n) is 8.11. The molecule has 1 fully saturated rings. The van der Waals surface area contributed by atoms with Crippen molar-refractivity contribution in [2.24, 2.45) is 0 Å².